The van der Waals surface area contributed by atoms with Crippen LogP contribution in [0.3, 0.4) is 0 Å². The first-order valence-corrected chi connectivity index (χ1v) is 26.3. The zero-order valence-corrected chi connectivity index (χ0v) is 43.7. The lowest BCUT2D eigenvalue weighted by atomic mass is 10.00. The van der Waals surface area contributed by atoms with Crippen molar-refractivity contribution in [2.24, 2.45) is 17.6 Å². The number of phenolic OH excluding ortho intramolecular Hbond substituents is 2. The Morgan fingerprint density at radius 2 is 1.01 bits per heavy atom. The Morgan fingerprint density at radius 1 is 0.575 bits per heavy atom. The van der Waals surface area contributed by atoms with Crippen molar-refractivity contribution in [3.8, 4) is 11.5 Å². The molecule has 0 unspecified atom stereocenters. The molecule has 0 saturated carbocycles. The number of thioether (sulfide) groups is 1. The van der Waals surface area contributed by atoms with Crippen molar-refractivity contribution in [2.45, 2.75) is 154 Å². The highest BCUT2D eigenvalue weighted by Gasteiger charge is 2.41. The van der Waals surface area contributed by atoms with Crippen LogP contribution in [0.5, 0.6) is 11.5 Å². The molecule has 11 N–H and O–H groups in total. The van der Waals surface area contributed by atoms with Crippen LogP contribution < -0.4 is 37.6 Å². The number of hydrogen-bond acceptors (Lipinski definition) is 13. The van der Waals surface area contributed by atoms with E-state index < -0.39 is 108 Å². The summed E-state index contributed by atoms with van der Waals surface area (Å²) in [6.07, 6.45) is 4.07. The molecule has 73 heavy (non-hydrogen) atoms. The van der Waals surface area contributed by atoms with Crippen LogP contribution in [0, 0.1) is 11.8 Å². The molecule has 2 aromatic carbocycles. The number of nitrogens with one attached hydrogen (secondary N) is 6. The lowest BCUT2D eigenvalue weighted by Crippen LogP contribution is -2.60. The predicted molar refractivity (Wildman–Crippen MR) is 274 cm³/mol. The SMILES string of the molecule is CSCC[C@H](NC(=O)[C@H](CC(C)C)NC(=O)[C@H](C)NC(=O)[C@@H]1CCCN1C(=O)[C@@H](N)Cc1ccc(O)cc1)C(=O)N1CCC[C@H]1C(=O)N[C@@H](CC(C)C)C(=O)N[C@@H](Cc1ccc(O)cc1)C(=O)N[C@@H](C)C(=O)O. The number of amides is 8. The van der Waals surface area contributed by atoms with Crippen LogP contribution >= 0.6 is 11.8 Å². The average molecular weight is 1040 g/mol. The summed E-state index contributed by atoms with van der Waals surface area (Å²) in [5.41, 5.74) is 7.55. The number of likely N-dealkylation sites (tertiary alicyclic amines) is 2. The highest BCUT2D eigenvalue weighted by molar-refractivity contribution is 7.98. The molecule has 0 radical (unpaired) electrons. The topological polar surface area (TPSA) is 319 Å². The molecule has 4 rings (SSSR count). The van der Waals surface area contributed by atoms with E-state index in [1.54, 1.807) is 24.3 Å². The van der Waals surface area contributed by atoms with Gasteiger partial charge in [-0.1, -0.05) is 52.0 Å². The third-order valence-corrected chi connectivity index (χ3v) is 13.4. The normalized spacial score (nSPS) is 18.4. The van der Waals surface area contributed by atoms with Gasteiger partial charge in [0.05, 0.1) is 6.04 Å². The highest BCUT2D eigenvalue weighted by Crippen LogP contribution is 2.23. The minimum Gasteiger partial charge on any atom is -0.508 e. The van der Waals surface area contributed by atoms with E-state index in [0.717, 1.165) is 5.56 Å². The number of phenols is 2. The van der Waals surface area contributed by atoms with Crippen LogP contribution in [0.15, 0.2) is 48.5 Å². The maximum atomic E-state index is 14.5. The summed E-state index contributed by atoms with van der Waals surface area (Å²) in [6, 6.07) is 2.33. The molecule has 8 amide bonds. The molecule has 2 aliphatic heterocycles. The van der Waals surface area contributed by atoms with Crippen molar-refractivity contribution in [1.82, 2.24) is 41.7 Å². The van der Waals surface area contributed by atoms with Crippen molar-refractivity contribution in [2.75, 3.05) is 25.1 Å². The number of hydrogen-bond donors (Lipinski definition) is 10. The van der Waals surface area contributed by atoms with Gasteiger partial charge in [0.25, 0.3) is 0 Å². The number of rotatable bonds is 26. The molecule has 0 bridgehead atoms. The summed E-state index contributed by atoms with van der Waals surface area (Å²) in [4.78, 5) is 125. The molecular weight excluding hydrogens is 963 g/mol. The molecule has 2 fully saturated rings. The maximum absolute atomic E-state index is 14.5. The molecule has 0 aromatic heterocycles. The minimum absolute atomic E-state index is 0.0191. The van der Waals surface area contributed by atoms with E-state index in [4.69, 9.17) is 5.73 Å². The molecule has 2 saturated heterocycles. The van der Waals surface area contributed by atoms with Crippen molar-refractivity contribution in [1.29, 1.82) is 0 Å². The molecular formula is C51H75N9O12S. The summed E-state index contributed by atoms with van der Waals surface area (Å²) in [6.45, 7) is 10.6. The summed E-state index contributed by atoms with van der Waals surface area (Å²) >= 11 is 1.44. The number of carbonyl (C=O) groups excluding carboxylic acids is 8. The largest absolute Gasteiger partial charge is 0.508 e. The summed E-state index contributed by atoms with van der Waals surface area (Å²) in [7, 11) is 0. The second kappa shape index (κ2) is 28.1. The molecule has 9 atom stereocenters. The number of carboxylic acids is 1. The highest BCUT2D eigenvalue weighted by atomic mass is 32.2. The van der Waals surface area contributed by atoms with Gasteiger partial charge in [0, 0.05) is 19.5 Å². The Hall–Kier alpha value is -6.42. The van der Waals surface area contributed by atoms with E-state index in [0.29, 0.717) is 37.1 Å². The minimum atomic E-state index is -1.29. The van der Waals surface area contributed by atoms with E-state index in [-0.39, 0.29) is 68.4 Å². The Balaban J connectivity index is 1.44. The summed E-state index contributed by atoms with van der Waals surface area (Å²) in [5, 5.41) is 44.9. The molecule has 0 aliphatic carbocycles. The van der Waals surface area contributed by atoms with E-state index in [1.165, 1.54) is 59.7 Å². The van der Waals surface area contributed by atoms with Crippen LogP contribution in [-0.2, 0) is 56.0 Å². The first-order chi connectivity index (χ1) is 34.5. The fourth-order valence-electron chi connectivity index (χ4n) is 8.83. The third kappa shape index (κ3) is 17.9. The van der Waals surface area contributed by atoms with Gasteiger partial charge in [-0.05, 0) is 124 Å². The van der Waals surface area contributed by atoms with Gasteiger partial charge < -0.3 is 62.8 Å². The fourth-order valence-corrected chi connectivity index (χ4v) is 9.30. The third-order valence-electron chi connectivity index (χ3n) is 12.8. The molecule has 22 heteroatoms. The number of aromatic hydroxyl groups is 2. The number of carboxylic acid groups (broad SMARTS) is 1. The van der Waals surface area contributed by atoms with E-state index in [2.05, 4.69) is 31.9 Å². The van der Waals surface area contributed by atoms with Gasteiger partial charge in [-0.2, -0.15) is 11.8 Å². The molecule has 21 nitrogen and oxygen atoms in total. The first kappa shape index (κ1) is 59.1. The van der Waals surface area contributed by atoms with Crippen molar-refractivity contribution in [3.05, 3.63) is 59.7 Å². The zero-order valence-electron chi connectivity index (χ0n) is 42.9. The van der Waals surface area contributed by atoms with Gasteiger partial charge in [0.1, 0.15) is 59.8 Å². The van der Waals surface area contributed by atoms with Crippen LogP contribution in [0.4, 0.5) is 0 Å². The number of carbonyl (C=O) groups is 9. The molecule has 2 aliphatic rings. The predicted octanol–water partition coefficient (Wildman–Crippen LogP) is 1.07. The Labute approximate surface area is 431 Å². The molecule has 0 spiro atoms. The first-order valence-electron chi connectivity index (χ1n) is 25.0. The lowest BCUT2D eigenvalue weighted by Gasteiger charge is -2.31. The second-order valence-corrected chi connectivity index (χ2v) is 20.8. The second-order valence-electron chi connectivity index (χ2n) is 19.8. The van der Waals surface area contributed by atoms with Crippen LogP contribution in [-0.4, -0.2) is 158 Å². The lowest BCUT2D eigenvalue weighted by molar-refractivity contribution is -0.143. The Kier molecular flexibility index (Phi) is 22.8. The van der Waals surface area contributed by atoms with Gasteiger partial charge >= 0.3 is 5.97 Å². The van der Waals surface area contributed by atoms with Gasteiger partial charge in [0.15, 0.2) is 0 Å². The van der Waals surface area contributed by atoms with Gasteiger partial charge in [0.2, 0.25) is 47.3 Å². The molecule has 2 aromatic rings. The molecule has 2 heterocycles. The zero-order chi connectivity index (χ0) is 54.1. The van der Waals surface area contributed by atoms with Crippen molar-refractivity contribution in [3.63, 3.8) is 0 Å². The van der Waals surface area contributed by atoms with Gasteiger partial charge in [-0.25, -0.2) is 0 Å². The van der Waals surface area contributed by atoms with Crippen molar-refractivity contribution >= 4 is 65.0 Å². The Morgan fingerprint density at radius 3 is 1.51 bits per heavy atom. The van der Waals surface area contributed by atoms with Gasteiger partial charge in [-0.15, -0.1) is 0 Å². The number of benzene rings is 2. The van der Waals surface area contributed by atoms with Gasteiger partial charge in [-0.3, -0.25) is 43.2 Å². The van der Waals surface area contributed by atoms with Crippen LogP contribution in [0.1, 0.15) is 97.6 Å². The summed E-state index contributed by atoms with van der Waals surface area (Å²) < 4.78 is 0. The fraction of sp³-hybridized carbons (Fsp3) is 0.588. The monoisotopic (exact) mass is 1040 g/mol. The Bertz CT molecular complexity index is 2250. The average Bonchev–Trinajstić information content (AvgIpc) is 4.04. The number of nitrogens with two attached hydrogens (primary N) is 1. The number of nitrogens with zero attached hydrogens (tertiary/aromatic N) is 2. The standard InChI is InChI=1S/C51H75N9O12S/c1-28(2)24-38(56-43(63)30(5)53-47(67)41-10-8-21-59(41)49(69)36(52)26-32-12-16-34(61)17-13-32)45(65)55-37(20-23-73-7)50(70)60-22-9-11-42(60)48(68)58-39(25-29(3)4)46(66)57-40(44(64)54-31(6)51(71)72)27-33-14-18-35(62)19-15-33/h12-19,28-31,36-42,61-62H,8-11,20-27,52H2,1-7H3,(H,53,67)(H,54,64)(H,55,65)(H,56,63)(H,57,66)(H,58,68)(H,71,72)/t30-,31-,36-,37-,38-,39-,40-,41-,42-/m0/s1. The quantitative estimate of drug-likeness (QED) is 0.0631. The van der Waals surface area contributed by atoms with E-state index >= 15 is 0 Å². The van der Waals surface area contributed by atoms with Crippen LogP contribution in [0.2, 0.25) is 0 Å². The van der Waals surface area contributed by atoms with Crippen LogP contribution in [0.25, 0.3) is 0 Å². The maximum Gasteiger partial charge on any atom is 0.325 e. The molecule has 402 valence electrons. The smallest absolute Gasteiger partial charge is 0.325 e. The summed E-state index contributed by atoms with van der Waals surface area (Å²) in [5.74, 6) is -5.93. The number of aliphatic carboxylic acids is 1. The van der Waals surface area contributed by atoms with E-state index in [1.807, 2.05) is 34.0 Å². The van der Waals surface area contributed by atoms with Crippen molar-refractivity contribution < 1.29 is 58.5 Å². The van der Waals surface area contributed by atoms with E-state index in [9.17, 15) is 58.5 Å².